The fraction of sp³-hybridized carbons (Fsp3) is 0.625. The predicted molar refractivity (Wildman–Crippen MR) is 75.8 cm³/mol. The van der Waals surface area contributed by atoms with Crippen LogP contribution in [0.5, 0.6) is 5.75 Å². The Morgan fingerprint density at radius 1 is 1.20 bits per heavy atom. The third-order valence-corrected chi connectivity index (χ3v) is 3.53. The van der Waals surface area contributed by atoms with E-state index in [2.05, 4.69) is 19.2 Å². The van der Waals surface area contributed by atoms with Crippen molar-refractivity contribution in [1.82, 2.24) is 5.32 Å². The van der Waals surface area contributed by atoms with Gasteiger partial charge in [0.2, 0.25) is 0 Å². The molecule has 1 aromatic rings. The Bertz CT molecular complexity index is 419. The Kier molecular flexibility index (Phi) is 5.35. The van der Waals surface area contributed by atoms with E-state index in [9.17, 15) is 8.78 Å². The SMILES string of the molecule is CC(C)CNCc1cc(F)c(OC2CCCC2)c(F)c1. The maximum absolute atomic E-state index is 14.0. The summed E-state index contributed by atoms with van der Waals surface area (Å²) in [5.41, 5.74) is 0.611. The van der Waals surface area contributed by atoms with Gasteiger partial charge in [-0.1, -0.05) is 13.8 Å². The highest BCUT2D eigenvalue weighted by molar-refractivity contribution is 5.31. The summed E-state index contributed by atoms with van der Waals surface area (Å²) < 4.78 is 33.4. The second kappa shape index (κ2) is 7.02. The molecule has 4 heteroatoms. The molecule has 1 aliphatic carbocycles. The lowest BCUT2D eigenvalue weighted by molar-refractivity contribution is 0.191. The van der Waals surface area contributed by atoms with Gasteiger partial charge in [0.15, 0.2) is 17.4 Å². The lowest BCUT2D eigenvalue weighted by Crippen LogP contribution is -2.19. The molecule has 1 fully saturated rings. The molecule has 0 aliphatic heterocycles. The molecule has 0 bridgehead atoms. The monoisotopic (exact) mass is 283 g/mol. The van der Waals surface area contributed by atoms with Crippen LogP contribution in [0.15, 0.2) is 12.1 Å². The van der Waals surface area contributed by atoms with Crippen LogP contribution in [0.1, 0.15) is 45.1 Å². The van der Waals surface area contributed by atoms with Gasteiger partial charge in [-0.2, -0.15) is 0 Å². The van der Waals surface area contributed by atoms with E-state index in [-0.39, 0.29) is 11.9 Å². The lowest BCUT2D eigenvalue weighted by Gasteiger charge is -2.15. The van der Waals surface area contributed by atoms with Gasteiger partial charge in [0.05, 0.1) is 6.10 Å². The molecule has 0 amide bonds. The zero-order chi connectivity index (χ0) is 14.5. The Morgan fingerprint density at radius 3 is 2.35 bits per heavy atom. The molecule has 0 radical (unpaired) electrons. The van der Waals surface area contributed by atoms with E-state index in [1.165, 1.54) is 12.1 Å². The third kappa shape index (κ3) is 4.17. The minimum Gasteiger partial charge on any atom is -0.484 e. The van der Waals surface area contributed by atoms with Crippen LogP contribution in [-0.2, 0) is 6.54 Å². The molecule has 2 nitrogen and oxygen atoms in total. The van der Waals surface area contributed by atoms with Crippen LogP contribution in [0, 0.1) is 17.6 Å². The van der Waals surface area contributed by atoms with Crippen LogP contribution in [0.2, 0.25) is 0 Å². The summed E-state index contributed by atoms with van der Waals surface area (Å²) in [6, 6.07) is 2.72. The largest absolute Gasteiger partial charge is 0.484 e. The highest BCUT2D eigenvalue weighted by Gasteiger charge is 2.21. The molecule has 0 atom stereocenters. The van der Waals surface area contributed by atoms with E-state index in [1.807, 2.05) is 0 Å². The van der Waals surface area contributed by atoms with Crippen molar-refractivity contribution in [2.45, 2.75) is 52.2 Å². The molecule has 20 heavy (non-hydrogen) atoms. The molecule has 0 unspecified atom stereocenters. The molecule has 0 aromatic heterocycles. The molecule has 2 rings (SSSR count). The molecule has 1 aromatic carbocycles. The summed E-state index contributed by atoms with van der Waals surface area (Å²) >= 11 is 0. The number of halogens is 2. The summed E-state index contributed by atoms with van der Waals surface area (Å²) in [6.07, 6.45) is 3.88. The van der Waals surface area contributed by atoms with Crippen molar-refractivity contribution in [1.29, 1.82) is 0 Å². The molecule has 0 saturated heterocycles. The van der Waals surface area contributed by atoms with Crippen LogP contribution in [0.4, 0.5) is 8.78 Å². The summed E-state index contributed by atoms with van der Waals surface area (Å²) in [6.45, 7) is 5.47. The molecule has 0 heterocycles. The number of hydrogen-bond donors (Lipinski definition) is 1. The molecule has 0 spiro atoms. The fourth-order valence-corrected chi connectivity index (χ4v) is 2.51. The second-order valence-corrected chi connectivity index (χ2v) is 5.94. The van der Waals surface area contributed by atoms with E-state index >= 15 is 0 Å². The van der Waals surface area contributed by atoms with Gasteiger partial charge in [-0.3, -0.25) is 0 Å². The van der Waals surface area contributed by atoms with Crippen molar-refractivity contribution in [3.63, 3.8) is 0 Å². The van der Waals surface area contributed by atoms with Crippen LogP contribution >= 0.6 is 0 Å². The second-order valence-electron chi connectivity index (χ2n) is 5.94. The van der Waals surface area contributed by atoms with E-state index < -0.39 is 11.6 Å². The van der Waals surface area contributed by atoms with Crippen LogP contribution in [-0.4, -0.2) is 12.6 Å². The van der Waals surface area contributed by atoms with Gasteiger partial charge in [-0.05, 0) is 55.8 Å². The quantitative estimate of drug-likeness (QED) is 0.851. The topological polar surface area (TPSA) is 21.3 Å². The summed E-state index contributed by atoms with van der Waals surface area (Å²) in [5, 5.41) is 3.17. The van der Waals surface area contributed by atoms with Crippen LogP contribution in [0.3, 0.4) is 0 Å². The summed E-state index contributed by atoms with van der Waals surface area (Å²) in [4.78, 5) is 0. The summed E-state index contributed by atoms with van der Waals surface area (Å²) in [5.74, 6) is -0.907. The van der Waals surface area contributed by atoms with Crippen molar-refractivity contribution >= 4 is 0 Å². The van der Waals surface area contributed by atoms with Gasteiger partial charge in [0.25, 0.3) is 0 Å². The first-order valence-electron chi connectivity index (χ1n) is 7.41. The average molecular weight is 283 g/mol. The summed E-state index contributed by atoms with van der Waals surface area (Å²) in [7, 11) is 0. The van der Waals surface area contributed by atoms with Crippen LogP contribution < -0.4 is 10.1 Å². The van der Waals surface area contributed by atoms with Gasteiger partial charge in [0, 0.05) is 6.54 Å². The zero-order valence-electron chi connectivity index (χ0n) is 12.2. The smallest absolute Gasteiger partial charge is 0.191 e. The third-order valence-electron chi connectivity index (χ3n) is 3.53. The number of nitrogens with one attached hydrogen (secondary N) is 1. The molecule has 1 saturated carbocycles. The van der Waals surface area contributed by atoms with E-state index in [0.717, 1.165) is 32.2 Å². The fourth-order valence-electron chi connectivity index (χ4n) is 2.51. The zero-order valence-corrected chi connectivity index (χ0v) is 12.2. The average Bonchev–Trinajstić information content (AvgIpc) is 2.86. The Morgan fingerprint density at radius 2 is 1.80 bits per heavy atom. The van der Waals surface area contributed by atoms with Crippen molar-refractivity contribution in [2.75, 3.05) is 6.54 Å². The van der Waals surface area contributed by atoms with E-state index in [4.69, 9.17) is 4.74 Å². The standard InChI is InChI=1S/C16H23F2NO/c1-11(2)9-19-10-12-7-14(17)16(15(18)8-12)20-13-5-3-4-6-13/h7-8,11,13,19H,3-6,9-10H2,1-2H3. The maximum Gasteiger partial charge on any atom is 0.191 e. The van der Waals surface area contributed by atoms with Crippen molar-refractivity contribution in [3.8, 4) is 5.75 Å². The van der Waals surface area contributed by atoms with Crippen molar-refractivity contribution < 1.29 is 13.5 Å². The van der Waals surface area contributed by atoms with Gasteiger partial charge >= 0.3 is 0 Å². The first kappa shape index (κ1) is 15.2. The molecule has 1 N–H and O–H groups in total. The number of rotatable bonds is 6. The molecule has 1 aliphatic rings. The highest BCUT2D eigenvalue weighted by atomic mass is 19.1. The Labute approximate surface area is 119 Å². The Hall–Kier alpha value is -1.16. The molecular weight excluding hydrogens is 260 g/mol. The van der Waals surface area contributed by atoms with Crippen molar-refractivity contribution in [3.05, 3.63) is 29.3 Å². The first-order valence-corrected chi connectivity index (χ1v) is 7.41. The highest BCUT2D eigenvalue weighted by Crippen LogP contribution is 2.29. The van der Waals surface area contributed by atoms with Crippen molar-refractivity contribution in [2.24, 2.45) is 5.92 Å². The van der Waals surface area contributed by atoms with Gasteiger partial charge < -0.3 is 10.1 Å². The predicted octanol–water partition coefficient (Wildman–Crippen LogP) is 4.03. The first-order chi connectivity index (χ1) is 9.56. The Balaban J connectivity index is 2.00. The lowest BCUT2D eigenvalue weighted by atomic mass is 10.1. The number of ether oxygens (including phenoxy) is 1. The van der Waals surface area contributed by atoms with E-state index in [0.29, 0.717) is 18.0 Å². The number of hydrogen-bond acceptors (Lipinski definition) is 2. The van der Waals surface area contributed by atoms with Gasteiger partial charge in [-0.25, -0.2) is 8.78 Å². The van der Waals surface area contributed by atoms with Crippen LogP contribution in [0.25, 0.3) is 0 Å². The normalized spacial score (nSPS) is 16.1. The minimum absolute atomic E-state index is 0.0380. The number of benzene rings is 1. The van der Waals surface area contributed by atoms with E-state index in [1.54, 1.807) is 0 Å². The minimum atomic E-state index is -0.599. The molecule has 112 valence electrons. The maximum atomic E-state index is 14.0. The van der Waals surface area contributed by atoms with Gasteiger partial charge in [0.1, 0.15) is 0 Å². The molecular formula is C16H23F2NO. The van der Waals surface area contributed by atoms with Gasteiger partial charge in [-0.15, -0.1) is 0 Å².